The van der Waals surface area contributed by atoms with Crippen molar-refractivity contribution >= 4 is 12.4 Å². The molecule has 0 amide bonds. The van der Waals surface area contributed by atoms with Crippen molar-refractivity contribution < 1.29 is 0 Å². The second-order valence-electron chi connectivity index (χ2n) is 5.85. The predicted octanol–water partition coefficient (Wildman–Crippen LogP) is 2.99. The second-order valence-corrected chi connectivity index (χ2v) is 5.85. The van der Waals surface area contributed by atoms with Gasteiger partial charge in [0.15, 0.2) is 0 Å². The molecular formula is C18H24ClN3O. The van der Waals surface area contributed by atoms with E-state index in [4.69, 9.17) is 0 Å². The zero-order valence-electron chi connectivity index (χ0n) is 13.6. The fourth-order valence-corrected chi connectivity index (χ4v) is 2.99. The van der Waals surface area contributed by atoms with Crippen LogP contribution in [-0.4, -0.2) is 34.3 Å². The van der Waals surface area contributed by atoms with Crippen LogP contribution >= 0.6 is 12.4 Å². The minimum atomic E-state index is 0. The highest BCUT2D eigenvalue weighted by Crippen LogP contribution is 2.16. The first-order valence-electron chi connectivity index (χ1n) is 8.16. The molecule has 0 aliphatic carbocycles. The second kappa shape index (κ2) is 8.27. The molecule has 23 heavy (non-hydrogen) atoms. The molecular weight excluding hydrogens is 310 g/mol. The van der Waals surface area contributed by atoms with Crippen molar-refractivity contribution in [1.82, 2.24) is 14.7 Å². The van der Waals surface area contributed by atoms with Gasteiger partial charge in [-0.05, 0) is 38.4 Å². The van der Waals surface area contributed by atoms with E-state index in [1.54, 1.807) is 4.68 Å². The Kier molecular flexibility index (Phi) is 6.37. The largest absolute Gasteiger partial charge is 0.301 e. The van der Waals surface area contributed by atoms with Crippen LogP contribution in [0, 0.1) is 0 Å². The first-order chi connectivity index (χ1) is 10.8. The summed E-state index contributed by atoms with van der Waals surface area (Å²) in [4.78, 5) is 14.9. The summed E-state index contributed by atoms with van der Waals surface area (Å²) >= 11 is 0. The first kappa shape index (κ1) is 17.7. The van der Waals surface area contributed by atoms with Crippen LogP contribution in [0.4, 0.5) is 0 Å². The summed E-state index contributed by atoms with van der Waals surface area (Å²) in [6.07, 6.45) is 3.28. The Balaban J connectivity index is 0.00000192. The summed E-state index contributed by atoms with van der Waals surface area (Å²) in [7, 11) is 0. The number of rotatable bonds is 5. The van der Waals surface area contributed by atoms with Crippen molar-refractivity contribution in [1.29, 1.82) is 0 Å². The van der Waals surface area contributed by atoms with Crippen molar-refractivity contribution in [3.8, 4) is 11.3 Å². The molecule has 2 heterocycles. The molecule has 1 aliphatic heterocycles. The fraction of sp³-hybridized carbons (Fsp3) is 0.444. The topological polar surface area (TPSA) is 38.1 Å². The molecule has 2 aromatic rings. The van der Waals surface area contributed by atoms with Gasteiger partial charge in [0.05, 0.1) is 12.2 Å². The number of aromatic nitrogens is 2. The summed E-state index contributed by atoms with van der Waals surface area (Å²) in [5.74, 6) is 0. The normalized spacial score (nSPS) is 14.7. The van der Waals surface area contributed by atoms with E-state index in [1.165, 1.54) is 12.8 Å². The van der Waals surface area contributed by atoms with E-state index in [-0.39, 0.29) is 18.0 Å². The molecule has 0 bridgehead atoms. The Bertz CT molecular complexity index is 678. The smallest absolute Gasteiger partial charge is 0.270 e. The van der Waals surface area contributed by atoms with E-state index < -0.39 is 0 Å². The summed E-state index contributed by atoms with van der Waals surface area (Å²) in [6, 6.07) is 12.0. The monoisotopic (exact) mass is 333 g/mol. The van der Waals surface area contributed by atoms with E-state index in [9.17, 15) is 4.79 Å². The van der Waals surface area contributed by atoms with Crippen LogP contribution < -0.4 is 5.56 Å². The molecule has 1 aliphatic rings. The molecule has 1 saturated heterocycles. The van der Waals surface area contributed by atoms with E-state index in [0.29, 0.717) is 6.54 Å². The van der Waals surface area contributed by atoms with Crippen LogP contribution in [0.25, 0.3) is 11.3 Å². The van der Waals surface area contributed by atoms with E-state index in [1.807, 2.05) is 43.3 Å². The molecule has 0 unspecified atom stereocenters. The Hall–Kier alpha value is -1.65. The quantitative estimate of drug-likeness (QED) is 0.844. The van der Waals surface area contributed by atoms with Crippen molar-refractivity contribution in [3.63, 3.8) is 0 Å². The molecule has 3 rings (SSSR count). The van der Waals surface area contributed by atoms with Crippen molar-refractivity contribution in [3.05, 3.63) is 52.3 Å². The molecule has 5 heteroatoms. The zero-order chi connectivity index (χ0) is 15.4. The van der Waals surface area contributed by atoms with Crippen LogP contribution in [0.1, 0.15) is 25.3 Å². The standard InChI is InChI=1S/C18H23N3O.ClH/c1-2-15-14-17(16-8-4-3-5-9-16)19-21(18(15)22)13-12-20-10-6-7-11-20;/h3-5,8-9,14H,2,6-7,10-13H2,1H3;1H. The SMILES string of the molecule is CCc1cc(-c2ccccc2)nn(CCN2CCCC2)c1=O.Cl. The summed E-state index contributed by atoms with van der Waals surface area (Å²) in [5, 5.41) is 4.59. The van der Waals surface area contributed by atoms with Crippen molar-refractivity contribution in [2.75, 3.05) is 19.6 Å². The van der Waals surface area contributed by atoms with Crippen LogP contribution in [0.2, 0.25) is 0 Å². The molecule has 0 atom stereocenters. The molecule has 4 nitrogen and oxygen atoms in total. The molecule has 1 fully saturated rings. The van der Waals surface area contributed by atoms with Gasteiger partial charge < -0.3 is 4.90 Å². The molecule has 1 aromatic heterocycles. The molecule has 0 N–H and O–H groups in total. The number of likely N-dealkylation sites (tertiary alicyclic amines) is 1. The van der Waals surface area contributed by atoms with E-state index in [0.717, 1.165) is 42.9 Å². The maximum absolute atomic E-state index is 12.5. The maximum Gasteiger partial charge on any atom is 0.270 e. The lowest BCUT2D eigenvalue weighted by Crippen LogP contribution is -2.32. The molecule has 0 spiro atoms. The van der Waals surface area contributed by atoms with Crippen LogP contribution in [0.15, 0.2) is 41.2 Å². The van der Waals surface area contributed by atoms with Crippen molar-refractivity contribution in [2.24, 2.45) is 0 Å². The number of halogens is 1. The van der Waals surface area contributed by atoms with E-state index in [2.05, 4.69) is 10.00 Å². The minimum Gasteiger partial charge on any atom is -0.301 e. The van der Waals surface area contributed by atoms with Gasteiger partial charge in [-0.25, -0.2) is 4.68 Å². The highest BCUT2D eigenvalue weighted by Gasteiger charge is 2.13. The van der Waals surface area contributed by atoms with Crippen molar-refractivity contribution in [2.45, 2.75) is 32.7 Å². The van der Waals surface area contributed by atoms with Crippen LogP contribution in [0.3, 0.4) is 0 Å². The average Bonchev–Trinajstić information content (AvgIpc) is 3.08. The summed E-state index contributed by atoms with van der Waals surface area (Å²) < 4.78 is 1.65. The number of aryl methyl sites for hydroxylation is 1. The highest BCUT2D eigenvalue weighted by molar-refractivity contribution is 5.85. The Morgan fingerprint density at radius 3 is 2.43 bits per heavy atom. The Morgan fingerprint density at radius 2 is 1.78 bits per heavy atom. The third-order valence-electron chi connectivity index (χ3n) is 4.33. The van der Waals surface area contributed by atoms with Crippen LogP contribution in [0.5, 0.6) is 0 Å². The summed E-state index contributed by atoms with van der Waals surface area (Å²) in [5.41, 5.74) is 2.85. The third kappa shape index (κ3) is 4.21. The van der Waals surface area contributed by atoms with Gasteiger partial charge in [0, 0.05) is 17.7 Å². The van der Waals surface area contributed by atoms with Gasteiger partial charge in [-0.2, -0.15) is 5.10 Å². The number of hydrogen-bond donors (Lipinski definition) is 0. The predicted molar refractivity (Wildman–Crippen MR) is 96.2 cm³/mol. The minimum absolute atomic E-state index is 0. The number of nitrogens with zero attached hydrogens (tertiary/aromatic N) is 3. The van der Waals surface area contributed by atoms with Gasteiger partial charge in [-0.3, -0.25) is 4.79 Å². The Labute approximate surface area is 143 Å². The van der Waals surface area contributed by atoms with E-state index >= 15 is 0 Å². The number of benzene rings is 1. The molecule has 1 aromatic carbocycles. The third-order valence-corrected chi connectivity index (χ3v) is 4.33. The van der Waals surface area contributed by atoms with Gasteiger partial charge in [0.1, 0.15) is 0 Å². The van der Waals surface area contributed by atoms with Gasteiger partial charge in [0.25, 0.3) is 5.56 Å². The molecule has 124 valence electrons. The highest BCUT2D eigenvalue weighted by atomic mass is 35.5. The lowest BCUT2D eigenvalue weighted by atomic mass is 10.1. The summed E-state index contributed by atoms with van der Waals surface area (Å²) in [6.45, 7) is 5.90. The number of hydrogen-bond acceptors (Lipinski definition) is 3. The fourth-order valence-electron chi connectivity index (χ4n) is 2.99. The maximum atomic E-state index is 12.5. The first-order valence-corrected chi connectivity index (χ1v) is 8.16. The zero-order valence-corrected chi connectivity index (χ0v) is 14.4. The lowest BCUT2D eigenvalue weighted by Gasteiger charge is -2.16. The molecule has 0 saturated carbocycles. The Morgan fingerprint density at radius 1 is 1.09 bits per heavy atom. The van der Waals surface area contributed by atoms with Gasteiger partial charge in [-0.1, -0.05) is 37.3 Å². The van der Waals surface area contributed by atoms with Crippen LogP contribution in [-0.2, 0) is 13.0 Å². The molecule has 0 radical (unpaired) electrons. The van der Waals surface area contributed by atoms with Gasteiger partial charge in [-0.15, -0.1) is 12.4 Å². The van der Waals surface area contributed by atoms with Gasteiger partial charge >= 0.3 is 0 Å². The lowest BCUT2D eigenvalue weighted by molar-refractivity contribution is 0.312. The average molecular weight is 334 g/mol. The van der Waals surface area contributed by atoms with Gasteiger partial charge in [0.2, 0.25) is 0 Å².